The van der Waals surface area contributed by atoms with E-state index in [4.69, 9.17) is 4.84 Å². The van der Waals surface area contributed by atoms with Gasteiger partial charge < -0.3 is 20.3 Å². The topological polar surface area (TPSA) is 84.9 Å². The third-order valence-electron chi connectivity index (χ3n) is 3.67. The lowest BCUT2D eigenvalue weighted by Gasteiger charge is -2.54. The van der Waals surface area contributed by atoms with Gasteiger partial charge in [-0.05, 0) is 54.4 Å². The molecule has 0 unspecified atom stereocenters. The summed E-state index contributed by atoms with van der Waals surface area (Å²) in [6.07, 6.45) is 1.52. The van der Waals surface area contributed by atoms with Crippen LogP contribution >= 0.6 is 0 Å². The number of hydroxylamine groups is 2. The number of carbonyl (C=O) groups is 1. The second-order valence-electron chi connectivity index (χ2n) is 7.86. The standard InChI is InChI=1S/C15H30N2O4/c1-13(2)7-11(16-9-12(18)19)8-14(3,4)17(13)21-10-15(5,6)20/h11,16,20H,7-10H2,1-6H3,(H,18,19)/p-1. The normalized spacial score (nSPS) is 23.2. The average Bonchev–Trinajstić information content (AvgIpc) is 2.21. The van der Waals surface area contributed by atoms with E-state index in [0.29, 0.717) is 0 Å². The highest BCUT2D eigenvalue weighted by Gasteiger charge is 2.46. The van der Waals surface area contributed by atoms with Crippen molar-refractivity contribution in [3.63, 3.8) is 0 Å². The number of carboxylic acids is 1. The van der Waals surface area contributed by atoms with Gasteiger partial charge in [0.05, 0.1) is 18.2 Å². The Labute approximate surface area is 127 Å². The van der Waals surface area contributed by atoms with Gasteiger partial charge in [-0.25, -0.2) is 0 Å². The van der Waals surface area contributed by atoms with Gasteiger partial charge in [0.2, 0.25) is 0 Å². The summed E-state index contributed by atoms with van der Waals surface area (Å²) in [5.41, 5.74) is -1.43. The van der Waals surface area contributed by atoms with Gasteiger partial charge in [-0.2, -0.15) is 5.06 Å². The van der Waals surface area contributed by atoms with Gasteiger partial charge in [0.1, 0.15) is 0 Å². The highest BCUT2D eigenvalue weighted by atomic mass is 16.7. The van der Waals surface area contributed by atoms with Gasteiger partial charge in [0.25, 0.3) is 0 Å². The fourth-order valence-electron chi connectivity index (χ4n) is 3.21. The van der Waals surface area contributed by atoms with Crippen LogP contribution in [0.5, 0.6) is 0 Å². The number of nitrogens with zero attached hydrogens (tertiary/aromatic N) is 1. The molecule has 124 valence electrons. The number of carbonyl (C=O) groups excluding carboxylic acids is 1. The van der Waals surface area contributed by atoms with E-state index in [1.165, 1.54) is 0 Å². The summed E-state index contributed by atoms with van der Waals surface area (Å²) in [5, 5.41) is 25.4. The maximum Gasteiger partial charge on any atom is 0.0967 e. The Morgan fingerprint density at radius 1 is 1.33 bits per heavy atom. The van der Waals surface area contributed by atoms with Crippen molar-refractivity contribution in [1.82, 2.24) is 10.4 Å². The number of carboxylic acid groups (broad SMARTS) is 1. The molecule has 1 aliphatic rings. The van der Waals surface area contributed by atoms with Gasteiger partial charge in [-0.15, -0.1) is 0 Å². The highest BCUT2D eigenvalue weighted by Crippen LogP contribution is 2.38. The summed E-state index contributed by atoms with van der Waals surface area (Å²) in [5.74, 6) is -1.09. The molecule has 1 saturated heterocycles. The number of piperidine rings is 1. The van der Waals surface area contributed by atoms with Crippen molar-refractivity contribution in [1.29, 1.82) is 0 Å². The number of aliphatic carboxylic acids is 1. The summed E-state index contributed by atoms with van der Waals surface area (Å²) in [4.78, 5) is 16.5. The first-order valence-corrected chi connectivity index (χ1v) is 7.42. The molecule has 6 nitrogen and oxygen atoms in total. The van der Waals surface area contributed by atoms with Gasteiger partial charge >= 0.3 is 0 Å². The molecular weight excluding hydrogens is 272 g/mol. The monoisotopic (exact) mass is 301 g/mol. The first kappa shape index (κ1) is 18.4. The summed E-state index contributed by atoms with van der Waals surface area (Å²) < 4.78 is 0. The van der Waals surface area contributed by atoms with E-state index in [1.807, 2.05) is 5.06 Å². The molecule has 0 radical (unpaired) electrons. The predicted molar refractivity (Wildman–Crippen MR) is 78.3 cm³/mol. The smallest absolute Gasteiger partial charge is 0.0967 e. The Morgan fingerprint density at radius 2 is 1.81 bits per heavy atom. The number of rotatable bonds is 6. The van der Waals surface area contributed by atoms with Gasteiger partial charge in [-0.3, -0.25) is 4.84 Å². The van der Waals surface area contributed by atoms with E-state index in [2.05, 4.69) is 33.0 Å². The zero-order valence-corrected chi connectivity index (χ0v) is 14.0. The molecule has 0 bridgehead atoms. The van der Waals surface area contributed by atoms with Crippen LogP contribution < -0.4 is 10.4 Å². The molecule has 1 heterocycles. The van der Waals surface area contributed by atoms with E-state index in [-0.39, 0.29) is 30.3 Å². The van der Waals surface area contributed by atoms with Crippen LogP contribution in [0, 0.1) is 0 Å². The predicted octanol–water partition coefficient (Wildman–Crippen LogP) is 0.0500. The Kier molecular flexibility index (Phi) is 5.42. The van der Waals surface area contributed by atoms with Crippen LogP contribution in [0.3, 0.4) is 0 Å². The lowest BCUT2D eigenvalue weighted by molar-refractivity contribution is -0.306. The molecule has 0 aromatic rings. The van der Waals surface area contributed by atoms with Crippen molar-refractivity contribution < 1.29 is 19.8 Å². The van der Waals surface area contributed by atoms with E-state index in [9.17, 15) is 15.0 Å². The summed E-state index contributed by atoms with van der Waals surface area (Å²) >= 11 is 0. The second kappa shape index (κ2) is 6.20. The molecule has 1 aliphatic heterocycles. The molecule has 0 spiro atoms. The Hall–Kier alpha value is -0.690. The van der Waals surface area contributed by atoms with Crippen LogP contribution in [0.4, 0.5) is 0 Å². The van der Waals surface area contributed by atoms with E-state index >= 15 is 0 Å². The molecule has 21 heavy (non-hydrogen) atoms. The minimum Gasteiger partial charge on any atom is -0.549 e. The van der Waals surface area contributed by atoms with Crippen LogP contribution in [0.1, 0.15) is 54.4 Å². The number of hydrogen-bond donors (Lipinski definition) is 2. The van der Waals surface area contributed by atoms with Crippen molar-refractivity contribution in [2.45, 2.75) is 77.1 Å². The molecule has 0 aromatic carbocycles. The first-order valence-electron chi connectivity index (χ1n) is 7.42. The van der Waals surface area contributed by atoms with Crippen molar-refractivity contribution in [2.24, 2.45) is 0 Å². The Balaban J connectivity index is 2.76. The van der Waals surface area contributed by atoms with Crippen LogP contribution in [-0.4, -0.2) is 52.0 Å². The van der Waals surface area contributed by atoms with Gasteiger partial charge in [-0.1, -0.05) is 0 Å². The summed E-state index contributed by atoms with van der Waals surface area (Å²) in [6.45, 7) is 11.7. The lowest BCUT2D eigenvalue weighted by Crippen LogP contribution is -2.64. The van der Waals surface area contributed by atoms with E-state index in [1.54, 1.807) is 13.8 Å². The van der Waals surface area contributed by atoms with Crippen LogP contribution in [0.15, 0.2) is 0 Å². The molecule has 1 rings (SSSR count). The SMILES string of the molecule is CC(C)(O)CON1C(C)(C)CC(NCC(=O)[O-])CC1(C)C. The second-order valence-corrected chi connectivity index (χ2v) is 7.86. The maximum absolute atomic E-state index is 10.6. The zero-order valence-electron chi connectivity index (χ0n) is 14.0. The molecule has 0 amide bonds. The number of hydrogen-bond acceptors (Lipinski definition) is 6. The lowest BCUT2D eigenvalue weighted by atomic mass is 9.79. The zero-order chi connectivity index (χ0) is 16.5. The third kappa shape index (κ3) is 5.54. The molecule has 2 N–H and O–H groups in total. The Morgan fingerprint density at radius 3 is 2.19 bits per heavy atom. The number of nitrogens with one attached hydrogen (secondary N) is 1. The van der Waals surface area contributed by atoms with Gasteiger partial charge in [0.15, 0.2) is 0 Å². The molecule has 1 fully saturated rings. The highest BCUT2D eigenvalue weighted by molar-refractivity contribution is 5.66. The fraction of sp³-hybridized carbons (Fsp3) is 0.933. The maximum atomic E-state index is 10.6. The fourth-order valence-corrected chi connectivity index (χ4v) is 3.21. The quantitative estimate of drug-likeness (QED) is 0.721. The largest absolute Gasteiger partial charge is 0.549 e. The Bertz CT molecular complexity index is 356. The summed E-state index contributed by atoms with van der Waals surface area (Å²) in [7, 11) is 0. The van der Waals surface area contributed by atoms with E-state index in [0.717, 1.165) is 12.8 Å². The summed E-state index contributed by atoms with van der Waals surface area (Å²) in [6, 6.07) is 0.0925. The van der Waals surface area contributed by atoms with Crippen molar-refractivity contribution in [2.75, 3.05) is 13.2 Å². The third-order valence-corrected chi connectivity index (χ3v) is 3.67. The molecule has 6 heteroatoms. The van der Waals surface area contributed by atoms with Crippen molar-refractivity contribution in [3.05, 3.63) is 0 Å². The van der Waals surface area contributed by atoms with Crippen LogP contribution in [-0.2, 0) is 9.63 Å². The number of aliphatic hydroxyl groups is 1. The van der Waals surface area contributed by atoms with Crippen molar-refractivity contribution in [3.8, 4) is 0 Å². The molecule has 0 aliphatic carbocycles. The molecule has 0 saturated carbocycles. The first-order chi connectivity index (χ1) is 9.33. The van der Waals surface area contributed by atoms with Crippen molar-refractivity contribution >= 4 is 5.97 Å². The van der Waals surface area contributed by atoms with Crippen LogP contribution in [0.2, 0.25) is 0 Å². The molecule has 0 atom stereocenters. The molecular formula is C15H29N2O4-. The minimum atomic E-state index is -1.09. The molecule has 0 aromatic heterocycles. The minimum absolute atomic E-state index is 0.0925. The average molecular weight is 301 g/mol. The van der Waals surface area contributed by atoms with Gasteiger partial charge in [0, 0.05) is 23.7 Å². The van der Waals surface area contributed by atoms with Crippen LogP contribution in [0.25, 0.3) is 0 Å². The van der Waals surface area contributed by atoms with E-state index < -0.39 is 11.6 Å².